The SMILES string of the molecule is O=C(S)Cc1c(F)c(F)c(F)c(F)c1F. The van der Waals surface area contributed by atoms with Crippen molar-refractivity contribution in [2.45, 2.75) is 6.42 Å². The fourth-order valence-electron chi connectivity index (χ4n) is 0.957. The summed E-state index contributed by atoms with van der Waals surface area (Å²) in [4.78, 5) is 10.4. The highest BCUT2D eigenvalue weighted by Crippen LogP contribution is 2.23. The van der Waals surface area contributed by atoms with E-state index in [0.717, 1.165) is 0 Å². The molecule has 15 heavy (non-hydrogen) atoms. The Morgan fingerprint density at radius 2 is 1.20 bits per heavy atom. The predicted molar refractivity (Wildman–Crippen MR) is 43.9 cm³/mol. The van der Waals surface area contributed by atoms with Gasteiger partial charge in [-0.05, 0) is 0 Å². The van der Waals surface area contributed by atoms with Gasteiger partial charge in [0.15, 0.2) is 28.4 Å². The minimum absolute atomic E-state index is 0.963. The maximum atomic E-state index is 12.9. The molecular weight excluding hydrogens is 239 g/mol. The van der Waals surface area contributed by atoms with Gasteiger partial charge in [0.2, 0.25) is 5.82 Å². The Morgan fingerprint density at radius 3 is 1.53 bits per heavy atom. The molecule has 1 aromatic rings. The van der Waals surface area contributed by atoms with Crippen molar-refractivity contribution in [3.8, 4) is 0 Å². The van der Waals surface area contributed by atoms with Crippen molar-refractivity contribution in [1.29, 1.82) is 0 Å². The maximum Gasteiger partial charge on any atom is 0.200 e. The molecule has 0 saturated carbocycles. The summed E-state index contributed by atoms with van der Waals surface area (Å²) in [5.74, 6) is -10.4. The summed E-state index contributed by atoms with van der Waals surface area (Å²) >= 11 is 3.19. The molecule has 0 fully saturated rings. The van der Waals surface area contributed by atoms with Crippen LogP contribution in [-0.4, -0.2) is 5.12 Å². The second kappa shape index (κ2) is 4.18. The quantitative estimate of drug-likeness (QED) is 0.364. The molecule has 7 heteroatoms. The van der Waals surface area contributed by atoms with Crippen molar-refractivity contribution >= 4 is 17.7 Å². The Kier molecular flexibility index (Phi) is 3.33. The normalized spacial score (nSPS) is 10.5. The van der Waals surface area contributed by atoms with Crippen LogP contribution in [0.15, 0.2) is 0 Å². The van der Waals surface area contributed by atoms with E-state index < -0.39 is 46.2 Å². The summed E-state index contributed by atoms with van der Waals surface area (Å²) in [6.45, 7) is 0. The number of hydrogen-bond acceptors (Lipinski definition) is 1. The molecular formula is C8H3F5OS. The Balaban J connectivity index is 3.45. The number of benzene rings is 1. The first kappa shape index (κ1) is 12.0. The Bertz CT molecular complexity index is 403. The summed E-state index contributed by atoms with van der Waals surface area (Å²) in [5.41, 5.74) is -1.17. The van der Waals surface area contributed by atoms with Gasteiger partial charge < -0.3 is 0 Å². The van der Waals surface area contributed by atoms with Crippen LogP contribution in [0.1, 0.15) is 5.56 Å². The number of hydrogen-bond donors (Lipinski definition) is 1. The van der Waals surface area contributed by atoms with E-state index >= 15 is 0 Å². The van der Waals surface area contributed by atoms with Crippen molar-refractivity contribution in [3.05, 3.63) is 34.6 Å². The average Bonchev–Trinajstić information content (AvgIpc) is 2.18. The molecule has 1 nitrogen and oxygen atoms in total. The lowest BCUT2D eigenvalue weighted by Gasteiger charge is -2.05. The van der Waals surface area contributed by atoms with Gasteiger partial charge in [0, 0.05) is 12.0 Å². The van der Waals surface area contributed by atoms with Gasteiger partial charge in [-0.1, -0.05) is 0 Å². The van der Waals surface area contributed by atoms with Crippen LogP contribution in [0.2, 0.25) is 0 Å². The molecule has 0 saturated heterocycles. The largest absolute Gasteiger partial charge is 0.287 e. The minimum atomic E-state index is -2.25. The number of rotatable bonds is 2. The molecule has 0 amide bonds. The molecule has 0 unspecified atom stereocenters. The maximum absolute atomic E-state index is 12.9. The van der Waals surface area contributed by atoms with Crippen molar-refractivity contribution < 1.29 is 26.7 Å². The van der Waals surface area contributed by atoms with Gasteiger partial charge in [-0.3, -0.25) is 4.79 Å². The zero-order valence-corrected chi connectivity index (χ0v) is 7.85. The topological polar surface area (TPSA) is 17.1 Å². The fraction of sp³-hybridized carbons (Fsp3) is 0.125. The van der Waals surface area contributed by atoms with E-state index in [1.165, 1.54) is 0 Å². The number of carbonyl (C=O) groups is 1. The Hall–Kier alpha value is -1.11. The summed E-state index contributed by atoms with van der Waals surface area (Å²) < 4.78 is 63.3. The highest BCUT2D eigenvalue weighted by Gasteiger charge is 2.26. The van der Waals surface area contributed by atoms with Gasteiger partial charge >= 0.3 is 0 Å². The summed E-state index contributed by atoms with van der Waals surface area (Å²) in [6, 6.07) is 0. The molecule has 0 heterocycles. The van der Waals surface area contributed by atoms with Gasteiger partial charge in [-0.25, -0.2) is 22.0 Å². The third-order valence-electron chi connectivity index (χ3n) is 1.63. The van der Waals surface area contributed by atoms with Crippen LogP contribution in [0.5, 0.6) is 0 Å². The molecule has 0 aliphatic carbocycles. The molecule has 1 rings (SSSR count). The molecule has 82 valence electrons. The smallest absolute Gasteiger partial charge is 0.200 e. The lowest BCUT2D eigenvalue weighted by molar-refractivity contribution is -0.110. The molecule has 0 aliphatic rings. The zero-order chi connectivity index (χ0) is 11.7. The van der Waals surface area contributed by atoms with Crippen molar-refractivity contribution in [2.24, 2.45) is 0 Å². The van der Waals surface area contributed by atoms with Crippen molar-refractivity contribution in [1.82, 2.24) is 0 Å². The highest BCUT2D eigenvalue weighted by molar-refractivity contribution is 7.96. The van der Waals surface area contributed by atoms with Gasteiger partial charge in [0.25, 0.3) is 0 Å². The van der Waals surface area contributed by atoms with E-state index in [-0.39, 0.29) is 0 Å². The highest BCUT2D eigenvalue weighted by atomic mass is 32.1. The Morgan fingerprint density at radius 1 is 0.867 bits per heavy atom. The second-order valence-corrected chi connectivity index (χ2v) is 3.12. The van der Waals surface area contributed by atoms with E-state index in [0.29, 0.717) is 0 Å². The van der Waals surface area contributed by atoms with Crippen LogP contribution in [0, 0.1) is 29.1 Å². The van der Waals surface area contributed by atoms with E-state index in [2.05, 4.69) is 12.6 Å². The molecule has 1 aromatic carbocycles. The minimum Gasteiger partial charge on any atom is -0.287 e. The lowest BCUT2D eigenvalue weighted by atomic mass is 10.1. The van der Waals surface area contributed by atoms with Crippen LogP contribution < -0.4 is 0 Å². The molecule has 0 aliphatic heterocycles. The van der Waals surface area contributed by atoms with Crippen LogP contribution >= 0.6 is 12.6 Å². The van der Waals surface area contributed by atoms with Crippen LogP contribution in [0.4, 0.5) is 22.0 Å². The van der Waals surface area contributed by atoms with E-state index in [9.17, 15) is 26.7 Å². The first-order chi connectivity index (χ1) is 6.86. The summed E-state index contributed by atoms with van der Waals surface area (Å²) in [7, 11) is 0. The monoisotopic (exact) mass is 242 g/mol. The first-order valence-corrected chi connectivity index (χ1v) is 4.03. The number of carbonyl (C=O) groups excluding carboxylic acids is 1. The molecule has 0 spiro atoms. The van der Waals surface area contributed by atoms with Gasteiger partial charge in [-0.2, -0.15) is 0 Å². The number of thiol groups is 1. The van der Waals surface area contributed by atoms with Crippen LogP contribution in [-0.2, 0) is 11.2 Å². The molecule has 0 radical (unpaired) electrons. The van der Waals surface area contributed by atoms with Crippen molar-refractivity contribution in [2.75, 3.05) is 0 Å². The van der Waals surface area contributed by atoms with Crippen LogP contribution in [0.25, 0.3) is 0 Å². The molecule has 0 bridgehead atoms. The van der Waals surface area contributed by atoms with Crippen LogP contribution in [0.3, 0.4) is 0 Å². The standard InChI is InChI=1S/C8H3F5OS/c9-4-2(1-3(14)15)5(10)7(12)8(13)6(4)11/h1H2,(H,14,15). The molecule has 0 aromatic heterocycles. The average molecular weight is 242 g/mol. The van der Waals surface area contributed by atoms with Gasteiger partial charge in [-0.15, -0.1) is 12.6 Å². The zero-order valence-electron chi connectivity index (χ0n) is 6.95. The Labute approximate surface area is 86.3 Å². The molecule has 0 atom stereocenters. The number of halogens is 5. The molecule has 0 N–H and O–H groups in total. The lowest BCUT2D eigenvalue weighted by Crippen LogP contribution is -2.09. The second-order valence-electron chi connectivity index (χ2n) is 2.62. The first-order valence-electron chi connectivity index (χ1n) is 3.58. The van der Waals surface area contributed by atoms with E-state index in [1.807, 2.05) is 0 Å². The van der Waals surface area contributed by atoms with Gasteiger partial charge in [0.1, 0.15) is 0 Å². The third-order valence-corrected chi connectivity index (χ3v) is 1.79. The van der Waals surface area contributed by atoms with E-state index in [1.54, 1.807) is 0 Å². The fourth-order valence-corrected chi connectivity index (χ4v) is 1.11. The van der Waals surface area contributed by atoms with E-state index in [4.69, 9.17) is 0 Å². The summed E-state index contributed by atoms with van der Waals surface area (Å²) in [5, 5.41) is -1.00. The van der Waals surface area contributed by atoms with Crippen molar-refractivity contribution in [3.63, 3.8) is 0 Å². The summed E-state index contributed by atoms with van der Waals surface area (Å²) in [6.07, 6.45) is -0.963. The van der Waals surface area contributed by atoms with Gasteiger partial charge in [0.05, 0.1) is 0 Å². The third kappa shape index (κ3) is 2.11. The predicted octanol–water partition coefficient (Wildman–Crippen LogP) is 2.38.